The van der Waals surface area contributed by atoms with E-state index in [2.05, 4.69) is 5.32 Å². The van der Waals surface area contributed by atoms with Gasteiger partial charge in [-0.05, 0) is 19.4 Å². The van der Waals surface area contributed by atoms with Crippen LogP contribution in [0.2, 0.25) is 0 Å². The summed E-state index contributed by atoms with van der Waals surface area (Å²) in [5.74, 6) is -3.66. The molecular formula is C12H14F2N2O4. The molecule has 0 spiro atoms. The predicted octanol–water partition coefficient (Wildman–Crippen LogP) is 2.03. The van der Waals surface area contributed by atoms with Crippen molar-refractivity contribution in [3.63, 3.8) is 0 Å². The van der Waals surface area contributed by atoms with Crippen LogP contribution in [-0.4, -0.2) is 30.6 Å². The summed E-state index contributed by atoms with van der Waals surface area (Å²) < 4.78 is 32.1. The number of nitro groups is 1. The van der Waals surface area contributed by atoms with Crippen LogP contribution in [-0.2, 0) is 4.74 Å². The molecule has 0 aliphatic heterocycles. The molecule has 0 bridgehead atoms. The Balaban J connectivity index is 2.98. The van der Waals surface area contributed by atoms with E-state index in [-0.39, 0.29) is 6.04 Å². The van der Waals surface area contributed by atoms with Gasteiger partial charge >= 0.3 is 5.69 Å². The zero-order valence-electron chi connectivity index (χ0n) is 11.0. The number of hydrogen-bond donors (Lipinski definition) is 1. The van der Waals surface area contributed by atoms with E-state index in [4.69, 9.17) is 4.74 Å². The van der Waals surface area contributed by atoms with E-state index in [9.17, 15) is 23.7 Å². The maximum atomic E-state index is 13.8. The van der Waals surface area contributed by atoms with Gasteiger partial charge in [0.2, 0.25) is 5.82 Å². The van der Waals surface area contributed by atoms with Gasteiger partial charge < -0.3 is 10.1 Å². The Morgan fingerprint density at radius 1 is 1.50 bits per heavy atom. The summed E-state index contributed by atoms with van der Waals surface area (Å²) in [5, 5.41) is 12.9. The highest BCUT2D eigenvalue weighted by atomic mass is 19.1. The van der Waals surface area contributed by atoms with E-state index in [0.29, 0.717) is 25.2 Å². The zero-order chi connectivity index (χ0) is 15.3. The minimum atomic E-state index is -1.48. The van der Waals surface area contributed by atoms with E-state index in [0.717, 1.165) is 0 Å². The highest BCUT2D eigenvalue weighted by Crippen LogP contribution is 2.23. The number of rotatable bonds is 6. The van der Waals surface area contributed by atoms with Crippen LogP contribution in [0.5, 0.6) is 0 Å². The first-order chi connectivity index (χ1) is 9.38. The lowest BCUT2D eigenvalue weighted by Crippen LogP contribution is -2.34. The van der Waals surface area contributed by atoms with E-state index >= 15 is 0 Å². The molecular weight excluding hydrogens is 274 g/mol. The third-order valence-electron chi connectivity index (χ3n) is 2.63. The van der Waals surface area contributed by atoms with Crippen LogP contribution in [0.4, 0.5) is 14.5 Å². The van der Waals surface area contributed by atoms with Crippen LogP contribution in [0, 0.1) is 21.7 Å². The number of ether oxygens (including phenoxy) is 1. The molecule has 0 aliphatic rings. The number of amides is 1. The fraction of sp³-hybridized carbons (Fsp3) is 0.417. The lowest BCUT2D eigenvalue weighted by Gasteiger charge is -2.14. The van der Waals surface area contributed by atoms with Gasteiger partial charge in [0, 0.05) is 25.8 Å². The van der Waals surface area contributed by atoms with Gasteiger partial charge in [0.1, 0.15) is 11.4 Å². The number of benzene rings is 1. The minimum absolute atomic E-state index is 0.362. The molecule has 0 aliphatic carbocycles. The molecule has 8 heteroatoms. The molecule has 1 N–H and O–H groups in total. The lowest BCUT2D eigenvalue weighted by atomic mass is 10.1. The van der Waals surface area contributed by atoms with E-state index in [1.54, 1.807) is 6.92 Å². The first-order valence-electron chi connectivity index (χ1n) is 5.80. The average Bonchev–Trinajstić information content (AvgIpc) is 2.35. The standard InChI is InChI=1S/C12H14F2N2O4/c1-7(5-6-20-2)15-12(17)10-8(13)3-4-9(11(10)14)16(18)19/h3-4,7H,5-6H2,1-2H3,(H,15,17). The van der Waals surface area contributed by atoms with Crippen LogP contribution in [0.3, 0.4) is 0 Å². The first kappa shape index (κ1) is 16.0. The van der Waals surface area contributed by atoms with Gasteiger partial charge in [-0.1, -0.05) is 0 Å². The van der Waals surface area contributed by atoms with Gasteiger partial charge in [0.05, 0.1) is 4.92 Å². The monoisotopic (exact) mass is 288 g/mol. The molecule has 20 heavy (non-hydrogen) atoms. The Hall–Kier alpha value is -2.09. The first-order valence-corrected chi connectivity index (χ1v) is 5.80. The Morgan fingerprint density at radius 3 is 2.70 bits per heavy atom. The van der Waals surface area contributed by atoms with Crippen molar-refractivity contribution in [1.29, 1.82) is 0 Å². The molecule has 110 valence electrons. The third-order valence-corrected chi connectivity index (χ3v) is 2.63. The normalized spacial score (nSPS) is 12.0. The van der Waals surface area contributed by atoms with Gasteiger partial charge in [-0.15, -0.1) is 0 Å². The maximum absolute atomic E-state index is 13.8. The number of hydrogen-bond acceptors (Lipinski definition) is 4. The van der Waals surface area contributed by atoms with Crippen LogP contribution >= 0.6 is 0 Å². The topological polar surface area (TPSA) is 81.5 Å². The maximum Gasteiger partial charge on any atom is 0.305 e. The summed E-state index contributed by atoms with van der Waals surface area (Å²) in [6.07, 6.45) is 0.445. The quantitative estimate of drug-likeness (QED) is 0.641. The third kappa shape index (κ3) is 3.70. The van der Waals surface area contributed by atoms with Gasteiger partial charge in [-0.3, -0.25) is 14.9 Å². The number of nitrogens with one attached hydrogen (secondary N) is 1. The molecule has 6 nitrogen and oxygen atoms in total. The van der Waals surface area contributed by atoms with Crippen LogP contribution in [0.25, 0.3) is 0 Å². The van der Waals surface area contributed by atoms with Crippen molar-refractivity contribution < 1.29 is 23.2 Å². The Bertz CT molecular complexity index is 522. The zero-order valence-corrected chi connectivity index (χ0v) is 11.0. The number of halogens is 2. The summed E-state index contributed by atoms with van der Waals surface area (Å²) in [6, 6.07) is 0.978. The molecule has 0 radical (unpaired) electrons. The average molecular weight is 288 g/mol. The molecule has 0 heterocycles. The molecule has 1 atom stereocenters. The minimum Gasteiger partial charge on any atom is -0.385 e. The predicted molar refractivity (Wildman–Crippen MR) is 66.4 cm³/mol. The second kappa shape index (κ2) is 6.90. The molecule has 0 fully saturated rings. The van der Waals surface area contributed by atoms with Crippen LogP contribution in [0.1, 0.15) is 23.7 Å². The molecule has 1 aromatic rings. The molecule has 0 saturated carbocycles. The number of methoxy groups -OCH3 is 1. The summed E-state index contributed by atoms with van der Waals surface area (Å²) in [4.78, 5) is 21.3. The Labute approximate surface area is 113 Å². The van der Waals surface area contributed by atoms with E-state index < -0.39 is 33.7 Å². The number of nitro benzene ring substituents is 1. The van der Waals surface area contributed by atoms with E-state index in [1.165, 1.54) is 7.11 Å². The highest BCUT2D eigenvalue weighted by Gasteiger charge is 2.26. The molecule has 1 unspecified atom stereocenters. The number of nitrogens with zero attached hydrogens (tertiary/aromatic N) is 1. The second-order valence-corrected chi connectivity index (χ2v) is 4.17. The van der Waals surface area contributed by atoms with E-state index in [1.807, 2.05) is 0 Å². The number of carbonyl (C=O) groups is 1. The molecule has 0 aromatic heterocycles. The molecule has 1 amide bonds. The Kier molecular flexibility index (Phi) is 5.51. The van der Waals surface area contributed by atoms with Crippen molar-refractivity contribution in [2.75, 3.05) is 13.7 Å². The molecule has 1 aromatic carbocycles. The van der Waals surface area contributed by atoms with Gasteiger partial charge in [0.25, 0.3) is 5.91 Å². The highest BCUT2D eigenvalue weighted by molar-refractivity contribution is 5.95. The molecule has 0 saturated heterocycles. The van der Waals surface area contributed by atoms with Crippen molar-refractivity contribution in [1.82, 2.24) is 5.32 Å². The van der Waals surface area contributed by atoms with Crippen LogP contribution in [0.15, 0.2) is 12.1 Å². The van der Waals surface area contributed by atoms with Crippen LogP contribution < -0.4 is 5.32 Å². The van der Waals surface area contributed by atoms with Crippen molar-refractivity contribution in [3.8, 4) is 0 Å². The van der Waals surface area contributed by atoms with Gasteiger partial charge in [0.15, 0.2) is 0 Å². The van der Waals surface area contributed by atoms with Gasteiger partial charge in [-0.2, -0.15) is 4.39 Å². The summed E-state index contributed by atoms with van der Waals surface area (Å²) >= 11 is 0. The lowest BCUT2D eigenvalue weighted by molar-refractivity contribution is -0.387. The smallest absolute Gasteiger partial charge is 0.305 e. The largest absolute Gasteiger partial charge is 0.385 e. The van der Waals surface area contributed by atoms with Crippen molar-refractivity contribution in [2.45, 2.75) is 19.4 Å². The van der Waals surface area contributed by atoms with Crippen molar-refractivity contribution in [3.05, 3.63) is 39.4 Å². The summed E-state index contributed by atoms with van der Waals surface area (Å²) in [5.41, 5.74) is -1.90. The summed E-state index contributed by atoms with van der Waals surface area (Å²) in [7, 11) is 1.48. The number of carbonyl (C=O) groups excluding carboxylic acids is 1. The van der Waals surface area contributed by atoms with Crippen molar-refractivity contribution in [2.24, 2.45) is 0 Å². The van der Waals surface area contributed by atoms with Crippen molar-refractivity contribution >= 4 is 11.6 Å². The summed E-state index contributed by atoms with van der Waals surface area (Å²) in [6.45, 7) is 1.99. The van der Waals surface area contributed by atoms with Gasteiger partial charge in [-0.25, -0.2) is 4.39 Å². The fourth-order valence-electron chi connectivity index (χ4n) is 1.55. The Morgan fingerprint density at radius 2 is 2.15 bits per heavy atom. The second-order valence-electron chi connectivity index (χ2n) is 4.17. The SMILES string of the molecule is COCCC(C)NC(=O)c1c(F)ccc([N+](=O)[O-])c1F. The fourth-order valence-corrected chi connectivity index (χ4v) is 1.55. The molecule has 1 rings (SSSR count).